The quantitative estimate of drug-likeness (QED) is 0.852. The highest BCUT2D eigenvalue weighted by Gasteiger charge is 2.25. The minimum atomic E-state index is -0.0987. The molecule has 6 nitrogen and oxygen atoms in total. The van der Waals surface area contributed by atoms with Crippen LogP contribution in [0, 0.1) is 6.92 Å². The molecule has 136 valence electrons. The zero-order valence-corrected chi connectivity index (χ0v) is 15.6. The van der Waals surface area contributed by atoms with Gasteiger partial charge in [0, 0.05) is 17.6 Å². The van der Waals surface area contributed by atoms with Gasteiger partial charge in [-0.2, -0.15) is 4.98 Å². The number of hydrogen-bond acceptors (Lipinski definition) is 5. The standard InChI is InChI=1S/C17H22N4O2.C2H6/c1-4-23-11(3)14-10(2)13-9-19-17(18)20-15(13)21(16(14)22)12-7-5-6-8-12;1-2/h9,12H,3-8H2,1-2H3,(H2,18,19,20);1-2H3. The van der Waals surface area contributed by atoms with Gasteiger partial charge >= 0.3 is 0 Å². The zero-order chi connectivity index (χ0) is 18.6. The molecule has 0 aliphatic heterocycles. The van der Waals surface area contributed by atoms with E-state index < -0.39 is 0 Å². The van der Waals surface area contributed by atoms with Crippen molar-refractivity contribution in [1.29, 1.82) is 0 Å². The van der Waals surface area contributed by atoms with Crippen LogP contribution in [0.25, 0.3) is 16.8 Å². The number of fused-ring (bicyclic) bond motifs is 1. The van der Waals surface area contributed by atoms with Crippen LogP contribution in [0.2, 0.25) is 0 Å². The normalized spacial score (nSPS) is 14.2. The Hall–Kier alpha value is -2.37. The Morgan fingerprint density at radius 1 is 1.40 bits per heavy atom. The Morgan fingerprint density at radius 3 is 2.64 bits per heavy atom. The summed E-state index contributed by atoms with van der Waals surface area (Å²) in [5.41, 5.74) is 7.57. The number of anilines is 1. The van der Waals surface area contributed by atoms with Gasteiger partial charge in [0.15, 0.2) is 0 Å². The lowest BCUT2D eigenvalue weighted by atomic mass is 10.0. The van der Waals surface area contributed by atoms with Gasteiger partial charge in [0.2, 0.25) is 5.95 Å². The van der Waals surface area contributed by atoms with E-state index >= 15 is 0 Å². The molecule has 0 atom stereocenters. The Labute approximate surface area is 148 Å². The summed E-state index contributed by atoms with van der Waals surface area (Å²) in [5, 5.41) is 0.821. The van der Waals surface area contributed by atoms with Crippen LogP contribution in [0.4, 0.5) is 5.95 Å². The first kappa shape index (κ1) is 19.0. The Kier molecular flexibility index (Phi) is 6.17. The summed E-state index contributed by atoms with van der Waals surface area (Å²) in [4.78, 5) is 21.6. The fourth-order valence-electron chi connectivity index (χ4n) is 3.42. The van der Waals surface area contributed by atoms with Crippen LogP contribution in [0.1, 0.15) is 63.6 Å². The number of hydrogen-bond donors (Lipinski definition) is 1. The lowest BCUT2D eigenvalue weighted by Gasteiger charge is -2.20. The van der Waals surface area contributed by atoms with Crippen LogP contribution in [0.3, 0.4) is 0 Å². The molecule has 0 aromatic carbocycles. The Bertz CT molecular complexity index is 820. The topological polar surface area (TPSA) is 83.0 Å². The summed E-state index contributed by atoms with van der Waals surface area (Å²) in [6.07, 6.45) is 5.87. The first-order valence-electron chi connectivity index (χ1n) is 9.04. The van der Waals surface area contributed by atoms with Crippen molar-refractivity contribution in [1.82, 2.24) is 14.5 Å². The fraction of sp³-hybridized carbons (Fsp3) is 0.526. The molecule has 0 unspecified atom stereocenters. The lowest BCUT2D eigenvalue weighted by Crippen LogP contribution is -2.29. The molecule has 0 spiro atoms. The van der Waals surface area contributed by atoms with E-state index in [9.17, 15) is 4.79 Å². The van der Waals surface area contributed by atoms with Gasteiger partial charge in [-0.05, 0) is 32.3 Å². The monoisotopic (exact) mass is 344 g/mol. The molecule has 0 saturated heterocycles. The summed E-state index contributed by atoms with van der Waals surface area (Å²) in [7, 11) is 0. The predicted octanol–water partition coefficient (Wildman–Crippen LogP) is 3.83. The van der Waals surface area contributed by atoms with E-state index in [4.69, 9.17) is 10.5 Å². The average molecular weight is 344 g/mol. The van der Waals surface area contributed by atoms with Crippen LogP contribution in [-0.2, 0) is 4.74 Å². The van der Waals surface area contributed by atoms with Crippen LogP contribution in [0.15, 0.2) is 17.6 Å². The van der Waals surface area contributed by atoms with E-state index in [0.717, 1.165) is 36.6 Å². The van der Waals surface area contributed by atoms with Crippen molar-refractivity contribution in [3.05, 3.63) is 34.3 Å². The SMILES string of the molecule is C=C(OCC)c1c(C)c2cnc(N)nc2n(C2CCCC2)c1=O.CC. The second-order valence-electron chi connectivity index (χ2n) is 5.94. The highest BCUT2D eigenvalue weighted by Crippen LogP contribution is 2.32. The molecule has 0 bridgehead atoms. The van der Waals surface area contributed by atoms with Gasteiger partial charge in [0.05, 0.1) is 12.2 Å². The number of nitrogen functional groups attached to an aromatic ring is 1. The third-order valence-corrected chi connectivity index (χ3v) is 4.51. The van der Waals surface area contributed by atoms with Gasteiger partial charge in [-0.15, -0.1) is 0 Å². The maximum absolute atomic E-state index is 13.1. The second kappa shape index (κ2) is 8.14. The molecule has 1 saturated carbocycles. The van der Waals surface area contributed by atoms with Crippen molar-refractivity contribution < 1.29 is 4.74 Å². The molecule has 1 aliphatic carbocycles. The van der Waals surface area contributed by atoms with Crippen molar-refractivity contribution in [3.8, 4) is 0 Å². The van der Waals surface area contributed by atoms with E-state index in [2.05, 4.69) is 16.5 Å². The maximum Gasteiger partial charge on any atom is 0.263 e. The van der Waals surface area contributed by atoms with E-state index in [1.807, 2.05) is 27.7 Å². The van der Waals surface area contributed by atoms with Gasteiger partial charge in [0.1, 0.15) is 11.4 Å². The molecule has 0 amide bonds. The molecule has 25 heavy (non-hydrogen) atoms. The first-order chi connectivity index (χ1) is 12.0. The second-order valence-corrected chi connectivity index (χ2v) is 5.94. The Morgan fingerprint density at radius 2 is 2.04 bits per heavy atom. The van der Waals surface area contributed by atoms with Gasteiger partial charge in [-0.1, -0.05) is 33.3 Å². The maximum atomic E-state index is 13.1. The summed E-state index contributed by atoms with van der Waals surface area (Å²) in [6, 6.07) is 0.146. The average Bonchev–Trinajstić information content (AvgIpc) is 3.11. The number of aromatic nitrogens is 3. The third-order valence-electron chi connectivity index (χ3n) is 4.51. The minimum absolute atomic E-state index is 0.0987. The van der Waals surface area contributed by atoms with Crippen molar-refractivity contribution in [2.45, 2.75) is 59.4 Å². The van der Waals surface area contributed by atoms with E-state index in [-0.39, 0.29) is 17.5 Å². The predicted molar refractivity (Wildman–Crippen MR) is 102 cm³/mol. The van der Waals surface area contributed by atoms with E-state index in [0.29, 0.717) is 23.6 Å². The molecular weight excluding hydrogens is 316 g/mol. The lowest BCUT2D eigenvalue weighted by molar-refractivity contribution is 0.298. The first-order valence-corrected chi connectivity index (χ1v) is 9.04. The van der Waals surface area contributed by atoms with E-state index in [1.54, 1.807) is 10.8 Å². The Balaban J connectivity index is 0.00000109. The molecule has 2 aromatic rings. The van der Waals surface area contributed by atoms with Gasteiger partial charge in [-0.25, -0.2) is 4.98 Å². The number of nitrogens with zero attached hydrogens (tertiary/aromatic N) is 3. The minimum Gasteiger partial charge on any atom is -0.494 e. The molecule has 3 rings (SSSR count). The molecular formula is C19H28N4O2. The smallest absolute Gasteiger partial charge is 0.263 e. The van der Waals surface area contributed by atoms with Gasteiger partial charge < -0.3 is 10.5 Å². The molecule has 1 fully saturated rings. The van der Waals surface area contributed by atoms with Crippen molar-refractivity contribution >= 4 is 22.7 Å². The summed E-state index contributed by atoms with van der Waals surface area (Å²) in [5.74, 6) is 0.583. The summed E-state index contributed by atoms with van der Waals surface area (Å²) < 4.78 is 7.28. The number of pyridine rings is 1. The molecule has 2 heterocycles. The summed E-state index contributed by atoms with van der Waals surface area (Å²) >= 11 is 0. The largest absolute Gasteiger partial charge is 0.494 e. The number of ether oxygens (including phenoxy) is 1. The number of aryl methyl sites for hydroxylation is 1. The van der Waals surface area contributed by atoms with Gasteiger partial charge in [0.25, 0.3) is 5.56 Å². The number of rotatable bonds is 4. The number of nitrogens with two attached hydrogens (primary N) is 1. The van der Waals surface area contributed by atoms with Gasteiger partial charge in [-0.3, -0.25) is 9.36 Å². The summed E-state index contributed by atoms with van der Waals surface area (Å²) in [6.45, 7) is 12.1. The third kappa shape index (κ3) is 3.52. The van der Waals surface area contributed by atoms with E-state index in [1.165, 1.54) is 0 Å². The van der Waals surface area contributed by atoms with Crippen LogP contribution in [-0.4, -0.2) is 21.1 Å². The van der Waals surface area contributed by atoms with Crippen molar-refractivity contribution in [2.75, 3.05) is 12.3 Å². The molecule has 0 radical (unpaired) electrons. The van der Waals surface area contributed by atoms with Crippen LogP contribution in [0.5, 0.6) is 0 Å². The van der Waals surface area contributed by atoms with Crippen molar-refractivity contribution in [2.24, 2.45) is 0 Å². The highest BCUT2D eigenvalue weighted by atomic mass is 16.5. The molecule has 2 N–H and O–H groups in total. The molecule has 2 aromatic heterocycles. The highest BCUT2D eigenvalue weighted by molar-refractivity contribution is 5.83. The zero-order valence-electron chi connectivity index (χ0n) is 15.6. The van der Waals surface area contributed by atoms with Crippen LogP contribution >= 0.6 is 0 Å². The van der Waals surface area contributed by atoms with Crippen molar-refractivity contribution in [3.63, 3.8) is 0 Å². The molecule has 1 aliphatic rings. The fourth-order valence-corrected chi connectivity index (χ4v) is 3.42. The van der Waals surface area contributed by atoms with Crippen LogP contribution < -0.4 is 11.3 Å². The molecule has 6 heteroatoms.